The molecule has 0 aromatic heterocycles. The molecule has 1 aliphatic rings. The molecule has 2 aromatic carbocycles. The summed E-state index contributed by atoms with van der Waals surface area (Å²) in [5.74, 6) is -3.17. The number of halogens is 4. The highest BCUT2D eigenvalue weighted by Crippen LogP contribution is 2.32. The van der Waals surface area contributed by atoms with Crippen molar-refractivity contribution in [2.24, 2.45) is 0 Å². The third-order valence-corrected chi connectivity index (χ3v) is 6.52. The molecule has 2 aromatic rings. The number of nitrogens with one attached hydrogen (secondary N) is 2. The molecule has 152 valence electrons. The van der Waals surface area contributed by atoms with E-state index in [2.05, 4.69) is 10.0 Å². The molecular formula is C17H18F3IN4O2S. The number of anilines is 3. The molecule has 2 N–H and O–H groups in total. The van der Waals surface area contributed by atoms with Crippen LogP contribution in [-0.2, 0) is 10.2 Å². The van der Waals surface area contributed by atoms with Crippen molar-refractivity contribution in [2.75, 3.05) is 43.3 Å². The van der Waals surface area contributed by atoms with Crippen molar-refractivity contribution in [3.8, 4) is 0 Å². The molecule has 0 radical (unpaired) electrons. The summed E-state index contributed by atoms with van der Waals surface area (Å²) >= 11 is 1.91. The first-order chi connectivity index (χ1) is 13.2. The van der Waals surface area contributed by atoms with Crippen LogP contribution in [0.2, 0.25) is 0 Å². The molecule has 0 amide bonds. The third kappa shape index (κ3) is 4.70. The van der Waals surface area contributed by atoms with Gasteiger partial charge in [-0.2, -0.15) is 12.7 Å². The van der Waals surface area contributed by atoms with E-state index in [1.165, 1.54) is 16.4 Å². The van der Waals surface area contributed by atoms with Crippen molar-refractivity contribution in [2.45, 2.75) is 0 Å². The highest BCUT2D eigenvalue weighted by molar-refractivity contribution is 14.1. The summed E-state index contributed by atoms with van der Waals surface area (Å²) in [7, 11) is -2.11. The Morgan fingerprint density at radius 1 is 0.964 bits per heavy atom. The van der Waals surface area contributed by atoms with Gasteiger partial charge in [0.1, 0.15) is 11.5 Å². The van der Waals surface area contributed by atoms with Gasteiger partial charge >= 0.3 is 10.2 Å². The Morgan fingerprint density at radius 3 is 2.25 bits per heavy atom. The second kappa shape index (κ2) is 8.43. The predicted molar refractivity (Wildman–Crippen MR) is 110 cm³/mol. The first-order valence-corrected chi connectivity index (χ1v) is 10.9. The van der Waals surface area contributed by atoms with Crippen LogP contribution in [0, 0.1) is 21.0 Å². The highest BCUT2D eigenvalue weighted by Gasteiger charge is 2.27. The number of likely N-dealkylation sites (N-methyl/N-ethyl adjacent to an activating group) is 1. The number of hydrogen-bond acceptors (Lipinski definition) is 4. The van der Waals surface area contributed by atoms with Crippen LogP contribution in [0.25, 0.3) is 0 Å². The van der Waals surface area contributed by atoms with Crippen LogP contribution in [0.3, 0.4) is 0 Å². The lowest BCUT2D eigenvalue weighted by molar-refractivity contribution is 0.223. The smallest absolute Gasteiger partial charge is 0.301 e. The van der Waals surface area contributed by atoms with Crippen LogP contribution >= 0.6 is 22.6 Å². The molecule has 1 fully saturated rings. The molecule has 6 nitrogen and oxygen atoms in total. The minimum Gasteiger partial charge on any atom is -0.349 e. The van der Waals surface area contributed by atoms with E-state index in [-0.39, 0.29) is 24.5 Å². The molecule has 0 saturated carbocycles. The number of rotatable bonds is 5. The Labute approximate surface area is 175 Å². The second-order valence-corrected chi connectivity index (χ2v) is 9.26. The lowest BCUT2D eigenvalue weighted by atomic mass is 10.2. The van der Waals surface area contributed by atoms with Gasteiger partial charge < -0.3 is 10.2 Å². The molecule has 0 spiro atoms. The van der Waals surface area contributed by atoms with Crippen molar-refractivity contribution < 1.29 is 21.6 Å². The minimum atomic E-state index is -3.99. The topological polar surface area (TPSA) is 64.7 Å². The van der Waals surface area contributed by atoms with Crippen LogP contribution in [0.4, 0.5) is 30.2 Å². The molecule has 11 heteroatoms. The number of hydrogen-bond donors (Lipinski definition) is 2. The summed E-state index contributed by atoms with van der Waals surface area (Å²) in [5.41, 5.74) is -0.807. The zero-order chi connectivity index (χ0) is 20.5. The Kier molecular flexibility index (Phi) is 6.37. The van der Waals surface area contributed by atoms with Gasteiger partial charge in [-0.05, 0) is 60.0 Å². The maximum absolute atomic E-state index is 14.4. The molecule has 1 aliphatic heterocycles. The molecule has 1 heterocycles. The Morgan fingerprint density at radius 2 is 1.61 bits per heavy atom. The highest BCUT2D eigenvalue weighted by atomic mass is 127. The van der Waals surface area contributed by atoms with E-state index in [0.717, 1.165) is 12.1 Å². The fourth-order valence-electron chi connectivity index (χ4n) is 2.72. The second-order valence-electron chi connectivity index (χ2n) is 6.34. The zero-order valence-corrected chi connectivity index (χ0v) is 17.8. The van der Waals surface area contributed by atoms with Gasteiger partial charge in [-0.15, -0.1) is 0 Å². The number of nitrogens with zero attached hydrogens (tertiary/aromatic N) is 2. The molecule has 0 bridgehead atoms. The van der Waals surface area contributed by atoms with Gasteiger partial charge in [0.05, 0.1) is 11.4 Å². The lowest BCUT2D eigenvalue weighted by Crippen LogP contribution is -2.48. The molecule has 0 unspecified atom stereocenters. The average molecular weight is 526 g/mol. The van der Waals surface area contributed by atoms with Crippen LogP contribution < -0.4 is 10.0 Å². The minimum absolute atomic E-state index is 0.107. The number of piperazine rings is 1. The Hall–Kier alpha value is -1.57. The van der Waals surface area contributed by atoms with Gasteiger partial charge in [0.15, 0.2) is 11.6 Å². The quantitative estimate of drug-likeness (QED) is 0.587. The van der Waals surface area contributed by atoms with Crippen LogP contribution in [-0.4, -0.2) is 50.8 Å². The first kappa shape index (κ1) is 21.1. The molecular weight excluding hydrogens is 508 g/mol. The molecule has 1 saturated heterocycles. The SMILES string of the molecule is CN1CCN(S(=O)(=O)Nc2ccc(F)c(F)c2Nc2ccc(I)cc2F)CC1. The van der Waals surface area contributed by atoms with Crippen LogP contribution in [0.15, 0.2) is 30.3 Å². The van der Waals surface area contributed by atoms with Gasteiger partial charge in [0, 0.05) is 29.7 Å². The summed E-state index contributed by atoms with van der Waals surface area (Å²) in [5, 5.41) is 2.46. The van der Waals surface area contributed by atoms with Crippen molar-refractivity contribution in [3.05, 3.63) is 51.4 Å². The first-order valence-electron chi connectivity index (χ1n) is 8.34. The van der Waals surface area contributed by atoms with E-state index in [4.69, 9.17) is 0 Å². The molecule has 28 heavy (non-hydrogen) atoms. The fourth-order valence-corrected chi connectivity index (χ4v) is 4.39. The van der Waals surface area contributed by atoms with E-state index in [1.54, 1.807) is 6.07 Å². The maximum atomic E-state index is 14.4. The summed E-state index contributed by atoms with van der Waals surface area (Å²) in [6, 6.07) is 6.07. The molecule has 0 aliphatic carbocycles. The fraction of sp³-hybridized carbons (Fsp3) is 0.294. The average Bonchev–Trinajstić information content (AvgIpc) is 2.63. The van der Waals surface area contributed by atoms with E-state index in [1.807, 2.05) is 34.5 Å². The van der Waals surface area contributed by atoms with Crippen molar-refractivity contribution in [1.82, 2.24) is 9.21 Å². The van der Waals surface area contributed by atoms with Gasteiger partial charge in [0.25, 0.3) is 0 Å². The summed E-state index contributed by atoms with van der Waals surface area (Å²) in [6.07, 6.45) is 0. The summed E-state index contributed by atoms with van der Waals surface area (Å²) in [4.78, 5) is 1.98. The summed E-state index contributed by atoms with van der Waals surface area (Å²) in [6.45, 7) is 1.64. The van der Waals surface area contributed by atoms with E-state index in [9.17, 15) is 21.6 Å². The Bertz CT molecular complexity index is 983. The van der Waals surface area contributed by atoms with Gasteiger partial charge in [-0.3, -0.25) is 4.72 Å². The Balaban J connectivity index is 1.92. The normalized spacial score (nSPS) is 16.2. The number of benzene rings is 2. The maximum Gasteiger partial charge on any atom is 0.301 e. The third-order valence-electron chi connectivity index (χ3n) is 4.33. The van der Waals surface area contributed by atoms with Crippen LogP contribution in [0.1, 0.15) is 0 Å². The van der Waals surface area contributed by atoms with Crippen molar-refractivity contribution in [1.29, 1.82) is 0 Å². The van der Waals surface area contributed by atoms with Gasteiger partial charge in [-0.1, -0.05) is 0 Å². The zero-order valence-electron chi connectivity index (χ0n) is 14.8. The lowest BCUT2D eigenvalue weighted by Gasteiger charge is -2.31. The van der Waals surface area contributed by atoms with E-state index >= 15 is 0 Å². The van der Waals surface area contributed by atoms with E-state index in [0.29, 0.717) is 16.7 Å². The predicted octanol–water partition coefficient (Wildman–Crippen LogP) is 3.36. The largest absolute Gasteiger partial charge is 0.349 e. The van der Waals surface area contributed by atoms with E-state index < -0.39 is 33.3 Å². The monoisotopic (exact) mass is 526 g/mol. The molecule has 0 atom stereocenters. The van der Waals surface area contributed by atoms with Gasteiger partial charge in [-0.25, -0.2) is 13.2 Å². The summed E-state index contributed by atoms with van der Waals surface area (Å²) < 4.78 is 71.7. The van der Waals surface area contributed by atoms with Crippen LogP contribution in [0.5, 0.6) is 0 Å². The van der Waals surface area contributed by atoms with Crippen molar-refractivity contribution in [3.63, 3.8) is 0 Å². The van der Waals surface area contributed by atoms with Gasteiger partial charge in [0.2, 0.25) is 0 Å². The molecule has 3 rings (SSSR count). The van der Waals surface area contributed by atoms with Crippen molar-refractivity contribution >= 4 is 49.9 Å². The standard InChI is InChI=1S/C17H18F3IN4O2S/c1-24-6-8-25(9-7-24)28(26,27)23-15-5-3-12(18)16(20)17(15)22-14-4-2-11(21)10-13(14)19/h2-5,10,22-23H,6-9H2,1H3.